The lowest BCUT2D eigenvalue weighted by Gasteiger charge is -2.10. The Hall–Kier alpha value is -2.42. The second-order valence-electron chi connectivity index (χ2n) is 6.17. The van der Waals surface area contributed by atoms with E-state index in [1.54, 1.807) is 30.8 Å². The summed E-state index contributed by atoms with van der Waals surface area (Å²) in [6, 6.07) is 3.55. The molecule has 3 heteroatoms. The summed E-state index contributed by atoms with van der Waals surface area (Å²) in [4.78, 5) is 4.77. The van der Waals surface area contributed by atoms with Crippen LogP contribution in [0.25, 0.3) is 28.5 Å². The Morgan fingerprint density at radius 2 is 1.96 bits per heavy atom. The molecular formula is C20H22N3+. The number of allylic oxidation sites excluding steroid dienone is 1. The van der Waals surface area contributed by atoms with Crippen molar-refractivity contribution < 1.29 is 12.8 Å². The van der Waals surface area contributed by atoms with Gasteiger partial charge >= 0.3 is 0 Å². The summed E-state index contributed by atoms with van der Waals surface area (Å²) in [6.07, 6.45) is 6.10. The number of imidazole rings is 1. The van der Waals surface area contributed by atoms with Crippen LogP contribution < -0.4 is 4.57 Å². The minimum atomic E-state index is -2.27. The lowest BCUT2D eigenvalue weighted by atomic mass is 9.98. The normalized spacial score (nSPS) is 18.0. The highest BCUT2D eigenvalue weighted by Gasteiger charge is 2.23. The van der Waals surface area contributed by atoms with Gasteiger partial charge in [-0.1, -0.05) is 12.1 Å². The molecule has 3 nitrogen and oxygen atoms in total. The van der Waals surface area contributed by atoms with Crippen LogP contribution in [0.1, 0.15) is 36.3 Å². The second-order valence-corrected chi connectivity index (χ2v) is 6.17. The third kappa shape index (κ3) is 1.96. The fraction of sp³-hybridized carbons (Fsp3) is 0.300. The summed E-state index contributed by atoms with van der Waals surface area (Å²) in [6.45, 7) is -0.810. The monoisotopic (exact) mass is 310 g/mol. The first kappa shape index (κ1) is 9.02. The number of benzene rings is 1. The molecular weight excluding hydrogens is 282 g/mol. The average Bonchev–Trinajstić information content (AvgIpc) is 3.15. The first-order chi connectivity index (χ1) is 13.4. The van der Waals surface area contributed by atoms with Crippen LogP contribution >= 0.6 is 0 Å². The van der Waals surface area contributed by atoms with Gasteiger partial charge in [0.2, 0.25) is 5.69 Å². The van der Waals surface area contributed by atoms with Crippen LogP contribution in [0, 0.1) is 27.6 Å². The van der Waals surface area contributed by atoms with Gasteiger partial charge in [-0.05, 0) is 44.2 Å². The van der Waals surface area contributed by atoms with Gasteiger partial charge in [-0.2, -0.15) is 0 Å². The Bertz CT molecular complexity index is 1180. The predicted octanol–water partition coefficient (Wildman–Crippen LogP) is 3.79. The van der Waals surface area contributed by atoms with Crippen LogP contribution in [0.4, 0.5) is 0 Å². The number of nitrogens with zero attached hydrogens (tertiary/aromatic N) is 3. The maximum atomic E-state index is 8.00. The lowest BCUT2D eigenvalue weighted by molar-refractivity contribution is -0.660. The molecule has 0 saturated carbocycles. The molecule has 2 aromatic heterocycles. The van der Waals surface area contributed by atoms with E-state index in [0.29, 0.717) is 28.6 Å². The van der Waals surface area contributed by atoms with Crippen LogP contribution in [0.3, 0.4) is 0 Å². The molecule has 1 aliphatic rings. The molecule has 0 bridgehead atoms. The van der Waals surface area contributed by atoms with Crippen molar-refractivity contribution in [1.82, 2.24) is 9.55 Å². The molecule has 0 unspecified atom stereocenters. The molecule has 0 amide bonds. The van der Waals surface area contributed by atoms with Crippen molar-refractivity contribution in [1.29, 1.82) is 0 Å². The Kier molecular flexibility index (Phi) is 1.88. The fourth-order valence-corrected chi connectivity index (χ4v) is 3.34. The van der Waals surface area contributed by atoms with Gasteiger partial charge in [0.25, 0.3) is 0 Å². The number of pyridine rings is 1. The number of aryl methyl sites for hydroxylation is 5. The van der Waals surface area contributed by atoms with Gasteiger partial charge in [0.05, 0.1) is 11.1 Å². The van der Waals surface area contributed by atoms with E-state index in [4.69, 9.17) is 13.2 Å². The summed E-state index contributed by atoms with van der Waals surface area (Å²) in [5, 5.41) is 0. The highest BCUT2D eigenvalue weighted by Crippen LogP contribution is 2.34. The molecule has 1 aliphatic heterocycles. The molecule has 0 N–H and O–H groups in total. The molecule has 1 aromatic carbocycles. The topological polar surface area (TPSA) is 21.7 Å². The molecule has 3 heterocycles. The molecule has 3 aromatic rings. The van der Waals surface area contributed by atoms with Crippen molar-refractivity contribution >= 4 is 17.2 Å². The van der Waals surface area contributed by atoms with Gasteiger partial charge in [-0.3, -0.25) is 0 Å². The first-order valence-corrected chi connectivity index (χ1v) is 7.62. The maximum Gasteiger partial charge on any atom is 0.215 e. The SMILES string of the molecule is [2H]C([2H])([2H])c1c[n+](C)c(-c2c(C)cc(C([2H])([2H])[2H])c3c2nc2n3C=CC2)cc1C. The molecule has 0 aliphatic carbocycles. The molecule has 0 saturated heterocycles. The van der Waals surface area contributed by atoms with Crippen molar-refractivity contribution in [3.05, 3.63) is 52.5 Å². The molecule has 0 spiro atoms. The van der Waals surface area contributed by atoms with Crippen LogP contribution in [0.2, 0.25) is 0 Å². The van der Waals surface area contributed by atoms with Crippen LogP contribution in [0.15, 0.2) is 24.4 Å². The highest BCUT2D eigenvalue weighted by molar-refractivity contribution is 5.96. The van der Waals surface area contributed by atoms with Crippen molar-refractivity contribution in [3.8, 4) is 11.3 Å². The number of hydrogen-bond donors (Lipinski definition) is 0. The third-order valence-electron chi connectivity index (χ3n) is 4.52. The molecule has 23 heavy (non-hydrogen) atoms. The van der Waals surface area contributed by atoms with Gasteiger partial charge in [-0.15, -0.1) is 0 Å². The minimum Gasteiger partial charge on any atom is -0.303 e. The standard InChI is InChI=1S/C20H22N3/c1-12-10-16(22(5)11-15(12)4)18-13(2)9-14(3)20-19(18)21-17-7-6-8-23(17)20/h6,8-11H,7H2,1-5H3/q+1/i3D3,4D3. The molecule has 0 atom stereocenters. The zero-order valence-corrected chi connectivity index (χ0v) is 13.4. The first-order valence-electron chi connectivity index (χ1n) is 10.6. The largest absolute Gasteiger partial charge is 0.303 e. The van der Waals surface area contributed by atoms with E-state index in [2.05, 4.69) is 0 Å². The molecule has 116 valence electrons. The molecule has 0 fully saturated rings. The molecule has 0 radical (unpaired) electrons. The van der Waals surface area contributed by atoms with E-state index in [1.165, 1.54) is 0 Å². The fourth-order valence-electron chi connectivity index (χ4n) is 3.34. The molecule has 4 rings (SSSR count). The Morgan fingerprint density at radius 3 is 2.74 bits per heavy atom. The Morgan fingerprint density at radius 1 is 1.13 bits per heavy atom. The van der Waals surface area contributed by atoms with E-state index < -0.39 is 13.7 Å². The van der Waals surface area contributed by atoms with Crippen molar-refractivity contribution in [3.63, 3.8) is 0 Å². The predicted molar refractivity (Wildman–Crippen MR) is 94.3 cm³/mol. The van der Waals surface area contributed by atoms with Gasteiger partial charge in [0.15, 0.2) is 6.20 Å². The van der Waals surface area contributed by atoms with E-state index in [0.717, 1.165) is 22.6 Å². The highest BCUT2D eigenvalue weighted by atomic mass is 15.1. The van der Waals surface area contributed by atoms with Crippen LogP contribution in [-0.2, 0) is 13.5 Å². The van der Waals surface area contributed by atoms with E-state index >= 15 is 0 Å². The van der Waals surface area contributed by atoms with Gasteiger partial charge in [0, 0.05) is 32.5 Å². The van der Waals surface area contributed by atoms with E-state index in [9.17, 15) is 0 Å². The summed E-state index contributed by atoms with van der Waals surface area (Å²) in [7, 11) is 1.80. The average molecular weight is 310 g/mol. The van der Waals surface area contributed by atoms with Gasteiger partial charge in [-0.25, -0.2) is 9.55 Å². The van der Waals surface area contributed by atoms with E-state index in [-0.39, 0.29) is 5.56 Å². The van der Waals surface area contributed by atoms with Gasteiger partial charge < -0.3 is 4.57 Å². The quantitative estimate of drug-likeness (QED) is 0.627. The number of rotatable bonds is 1. The third-order valence-corrected chi connectivity index (χ3v) is 4.52. The lowest BCUT2D eigenvalue weighted by Crippen LogP contribution is -2.31. The number of fused-ring (bicyclic) bond motifs is 3. The van der Waals surface area contributed by atoms with E-state index in [1.807, 2.05) is 29.8 Å². The van der Waals surface area contributed by atoms with Crippen molar-refractivity contribution in [2.45, 2.75) is 34.0 Å². The zero-order chi connectivity index (χ0) is 21.3. The summed E-state index contributed by atoms with van der Waals surface area (Å²) in [5.74, 6) is 0.802. The summed E-state index contributed by atoms with van der Waals surface area (Å²) >= 11 is 0. The zero-order valence-electron chi connectivity index (χ0n) is 19.4. The van der Waals surface area contributed by atoms with Crippen LogP contribution in [0.5, 0.6) is 0 Å². The summed E-state index contributed by atoms with van der Waals surface area (Å²) in [5.41, 5.74) is 4.88. The van der Waals surface area contributed by atoms with Crippen molar-refractivity contribution in [2.75, 3.05) is 0 Å². The Balaban J connectivity index is 2.08. The maximum absolute atomic E-state index is 8.00. The van der Waals surface area contributed by atoms with Crippen LogP contribution in [-0.4, -0.2) is 9.55 Å². The second kappa shape index (κ2) is 4.79. The smallest absolute Gasteiger partial charge is 0.215 e. The van der Waals surface area contributed by atoms with Gasteiger partial charge in [0.1, 0.15) is 18.4 Å². The number of hydrogen-bond acceptors (Lipinski definition) is 1. The minimum absolute atomic E-state index is 0.275. The van der Waals surface area contributed by atoms with Crippen molar-refractivity contribution in [2.24, 2.45) is 7.05 Å². The summed E-state index contributed by atoms with van der Waals surface area (Å²) < 4.78 is 50.9. The number of aromatic nitrogens is 3. The Labute approximate surface area is 145 Å².